The maximum Gasteiger partial charge on any atom is 0.264 e. The van der Waals surface area contributed by atoms with Crippen LogP contribution >= 0.6 is 11.6 Å². The largest absolute Gasteiger partial charge is 0.418 e. The predicted molar refractivity (Wildman–Crippen MR) is 106 cm³/mol. The molecule has 7 nitrogen and oxygen atoms in total. The highest BCUT2D eigenvalue weighted by molar-refractivity contribution is 7.89. The first kappa shape index (κ1) is 18.6. The van der Waals surface area contributed by atoms with Gasteiger partial charge in [-0.1, -0.05) is 54.1 Å². The Morgan fingerprint density at radius 3 is 2.54 bits per heavy atom. The third kappa shape index (κ3) is 4.23. The minimum absolute atomic E-state index is 0.0513. The molecule has 1 atom stereocenters. The van der Waals surface area contributed by atoms with Gasteiger partial charge in [0.1, 0.15) is 11.5 Å². The highest BCUT2D eigenvalue weighted by Gasteiger charge is 2.29. The average Bonchev–Trinajstić information content (AvgIpc) is 3.31. The zero-order chi connectivity index (χ0) is 19.6. The van der Waals surface area contributed by atoms with Gasteiger partial charge in [-0.25, -0.2) is 8.42 Å². The van der Waals surface area contributed by atoms with Crippen molar-refractivity contribution in [3.8, 4) is 0 Å². The number of sulfone groups is 1. The molecule has 0 saturated carbocycles. The van der Waals surface area contributed by atoms with Gasteiger partial charge in [-0.3, -0.25) is 0 Å². The molecule has 3 aromatic rings. The summed E-state index contributed by atoms with van der Waals surface area (Å²) in [6.07, 6.45) is 0. The molecule has 0 spiro atoms. The molecular formula is C19H17ClN4O3S. The number of hydrazone groups is 1. The van der Waals surface area contributed by atoms with Crippen LogP contribution in [-0.4, -0.2) is 30.9 Å². The SMILES string of the molecule is O=S(=O)(Cc1ccccc1)Cc1nnc(C2=NNC[C@H]2c2ccc(Cl)cc2)o1. The number of halogens is 1. The van der Waals surface area contributed by atoms with E-state index in [4.69, 9.17) is 16.0 Å². The predicted octanol–water partition coefficient (Wildman–Crippen LogP) is 2.93. The molecule has 0 saturated heterocycles. The molecule has 4 rings (SSSR count). The van der Waals surface area contributed by atoms with Gasteiger partial charge in [0.25, 0.3) is 5.89 Å². The molecule has 0 bridgehead atoms. The number of nitrogens with one attached hydrogen (secondary N) is 1. The second kappa shape index (κ2) is 7.73. The summed E-state index contributed by atoms with van der Waals surface area (Å²) in [5.41, 5.74) is 5.24. The van der Waals surface area contributed by atoms with E-state index < -0.39 is 9.84 Å². The third-order valence-corrected chi connectivity index (χ3v) is 6.07. The Labute approximate surface area is 167 Å². The van der Waals surface area contributed by atoms with Crippen molar-refractivity contribution < 1.29 is 12.8 Å². The fourth-order valence-electron chi connectivity index (χ4n) is 3.05. The maximum absolute atomic E-state index is 12.4. The molecule has 1 aliphatic heterocycles. The van der Waals surface area contributed by atoms with Crippen LogP contribution in [0.5, 0.6) is 0 Å². The molecule has 2 heterocycles. The molecule has 1 aliphatic rings. The van der Waals surface area contributed by atoms with Crippen molar-refractivity contribution in [1.29, 1.82) is 0 Å². The van der Waals surface area contributed by atoms with Crippen LogP contribution in [0, 0.1) is 0 Å². The number of rotatable bonds is 6. The quantitative estimate of drug-likeness (QED) is 0.663. The summed E-state index contributed by atoms with van der Waals surface area (Å²) in [5, 5.41) is 12.8. The third-order valence-electron chi connectivity index (χ3n) is 4.36. The summed E-state index contributed by atoms with van der Waals surface area (Å²) in [6, 6.07) is 16.4. The fraction of sp³-hybridized carbons (Fsp3) is 0.211. The van der Waals surface area contributed by atoms with E-state index in [1.807, 2.05) is 30.3 Å². The maximum atomic E-state index is 12.4. The second-order valence-electron chi connectivity index (χ2n) is 6.48. The van der Waals surface area contributed by atoms with Gasteiger partial charge in [0.05, 0.1) is 11.7 Å². The van der Waals surface area contributed by atoms with Crippen LogP contribution in [0.3, 0.4) is 0 Å². The van der Waals surface area contributed by atoms with E-state index in [2.05, 4.69) is 20.7 Å². The second-order valence-corrected chi connectivity index (χ2v) is 8.98. The van der Waals surface area contributed by atoms with E-state index in [1.54, 1.807) is 24.3 Å². The Morgan fingerprint density at radius 2 is 1.79 bits per heavy atom. The standard InChI is InChI=1S/C19H17ClN4O3S/c20-15-8-6-14(7-9-15)16-10-21-23-18(16)19-24-22-17(27-19)12-28(25,26)11-13-4-2-1-3-5-13/h1-9,16,21H,10-12H2/t16-/m0/s1. The van der Waals surface area contributed by atoms with Crippen molar-refractivity contribution in [2.45, 2.75) is 17.4 Å². The van der Waals surface area contributed by atoms with Gasteiger partial charge >= 0.3 is 0 Å². The summed E-state index contributed by atoms with van der Waals surface area (Å²) in [6.45, 7) is 0.584. The monoisotopic (exact) mass is 416 g/mol. The lowest BCUT2D eigenvalue weighted by molar-refractivity contribution is 0.497. The minimum Gasteiger partial charge on any atom is -0.418 e. The first-order valence-corrected chi connectivity index (χ1v) is 10.8. The van der Waals surface area contributed by atoms with Gasteiger partial charge in [-0.2, -0.15) is 5.10 Å². The van der Waals surface area contributed by atoms with E-state index in [0.29, 0.717) is 17.3 Å². The number of hydrogen-bond donors (Lipinski definition) is 1. The van der Waals surface area contributed by atoms with E-state index in [1.165, 1.54) is 0 Å². The van der Waals surface area contributed by atoms with Gasteiger partial charge in [0.15, 0.2) is 9.84 Å². The Kier molecular flexibility index (Phi) is 5.15. The molecule has 1 N–H and O–H groups in total. The summed E-state index contributed by atoms with van der Waals surface area (Å²) in [5.74, 6) is -0.209. The van der Waals surface area contributed by atoms with Crippen molar-refractivity contribution in [2.24, 2.45) is 5.10 Å². The Morgan fingerprint density at radius 1 is 1.04 bits per heavy atom. The van der Waals surface area contributed by atoms with E-state index in [9.17, 15) is 8.42 Å². The van der Waals surface area contributed by atoms with E-state index >= 15 is 0 Å². The number of benzene rings is 2. The van der Waals surface area contributed by atoms with Crippen LogP contribution in [0.25, 0.3) is 0 Å². The summed E-state index contributed by atoms with van der Waals surface area (Å²) >= 11 is 5.95. The highest BCUT2D eigenvalue weighted by Crippen LogP contribution is 2.25. The van der Waals surface area contributed by atoms with Crippen molar-refractivity contribution in [3.05, 3.63) is 82.5 Å². The first-order valence-electron chi connectivity index (χ1n) is 8.63. The number of aromatic nitrogens is 2. The lowest BCUT2D eigenvalue weighted by Gasteiger charge is -2.09. The molecule has 0 fully saturated rings. The Bertz CT molecular complexity index is 1100. The van der Waals surface area contributed by atoms with Crippen LogP contribution in [0.4, 0.5) is 0 Å². The average molecular weight is 417 g/mol. The van der Waals surface area contributed by atoms with Gasteiger partial charge in [0.2, 0.25) is 5.89 Å². The molecular weight excluding hydrogens is 400 g/mol. The topological polar surface area (TPSA) is 97.5 Å². The van der Waals surface area contributed by atoms with Crippen LogP contribution in [0.2, 0.25) is 5.02 Å². The molecule has 9 heteroatoms. The molecule has 144 valence electrons. The van der Waals surface area contributed by atoms with Crippen LogP contribution < -0.4 is 5.43 Å². The minimum atomic E-state index is -3.43. The van der Waals surface area contributed by atoms with Gasteiger partial charge in [0, 0.05) is 11.6 Å². The van der Waals surface area contributed by atoms with E-state index in [0.717, 1.165) is 11.1 Å². The molecule has 0 aliphatic carbocycles. The number of nitrogens with zero attached hydrogens (tertiary/aromatic N) is 3. The van der Waals surface area contributed by atoms with Crippen molar-refractivity contribution in [2.75, 3.05) is 6.54 Å². The molecule has 0 unspecified atom stereocenters. The lowest BCUT2D eigenvalue weighted by Crippen LogP contribution is -2.14. The molecule has 0 radical (unpaired) electrons. The van der Waals surface area contributed by atoms with Crippen LogP contribution in [-0.2, 0) is 21.3 Å². The lowest BCUT2D eigenvalue weighted by atomic mass is 9.95. The summed E-state index contributed by atoms with van der Waals surface area (Å²) in [4.78, 5) is 0. The highest BCUT2D eigenvalue weighted by atomic mass is 35.5. The molecule has 1 aromatic heterocycles. The van der Waals surface area contributed by atoms with Gasteiger partial charge in [-0.15, -0.1) is 10.2 Å². The van der Waals surface area contributed by atoms with Crippen LogP contribution in [0.15, 0.2) is 64.1 Å². The molecule has 2 aromatic carbocycles. The summed E-state index contributed by atoms with van der Waals surface area (Å²) in [7, 11) is -3.43. The van der Waals surface area contributed by atoms with Gasteiger partial charge < -0.3 is 9.84 Å². The van der Waals surface area contributed by atoms with Crippen molar-refractivity contribution >= 4 is 27.1 Å². The fourth-order valence-corrected chi connectivity index (χ4v) is 4.47. The molecule has 0 amide bonds. The Balaban J connectivity index is 1.50. The van der Waals surface area contributed by atoms with Gasteiger partial charge in [-0.05, 0) is 23.3 Å². The number of hydrogen-bond acceptors (Lipinski definition) is 7. The van der Waals surface area contributed by atoms with E-state index in [-0.39, 0.29) is 29.2 Å². The normalized spacial score (nSPS) is 16.6. The Hall–Kier alpha value is -2.71. The smallest absolute Gasteiger partial charge is 0.264 e. The summed E-state index contributed by atoms with van der Waals surface area (Å²) < 4.78 is 30.5. The zero-order valence-electron chi connectivity index (χ0n) is 14.7. The first-order chi connectivity index (χ1) is 13.5. The zero-order valence-corrected chi connectivity index (χ0v) is 16.3. The van der Waals surface area contributed by atoms with Crippen molar-refractivity contribution in [1.82, 2.24) is 15.6 Å². The van der Waals surface area contributed by atoms with Crippen LogP contribution in [0.1, 0.15) is 28.8 Å². The molecule has 28 heavy (non-hydrogen) atoms. The van der Waals surface area contributed by atoms with Crippen molar-refractivity contribution in [3.63, 3.8) is 0 Å².